The third-order valence-corrected chi connectivity index (χ3v) is 3.47. The van der Waals surface area contributed by atoms with Gasteiger partial charge in [-0.05, 0) is 18.2 Å². The van der Waals surface area contributed by atoms with Crippen molar-refractivity contribution in [3.8, 4) is 11.8 Å². The van der Waals surface area contributed by atoms with E-state index in [-0.39, 0.29) is 0 Å². The standard InChI is InChI=1S/C15H13BrN2O/c1-19-15-9-5-4-8-13(15)18-14(10-17)11-6-2-3-7-12(11)16/h2-9,14,18H,1H3. The van der Waals surface area contributed by atoms with Gasteiger partial charge in [-0.3, -0.25) is 0 Å². The maximum atomic E-state index is 9.35. The largest absolute Gasteiger partial charge is 0.495 e. The van der Waals surface area contributed by atoms with Crippen molar-refractivity contribution in [2.24, 2.45) is 0 Å². The van der Waals surface area contributed by atoms with Gasteiger partial charge in [0.05, 0.1) is 18.9 Å². The molecule has 3 nitrogen and oxygen atoms in total. The Kier molecular flexibility index (Phi) is 4.43. The number of anilines is 1. The normalized spacial score (nSPS) is 11.4. The SMILES string of the molecule is COc1ccccc1NC(C#N)c1ccccc1Br. The summed E-state index contributed by atoms with van der Waals surface area (Å²) in [6.07, 6.45) is 0. The van der Waals surface area contributed by atoms with Gasteiger partial charge in [-0.1, -0.05) is 46.3 Å². The molecule has 96 valence electrons. The van der Waals surface area contributed by atoms with Gasteiger partial charge in [0, 0.05) is 10.0 Å². The van der Waals surface area contributed by atoms with Crippen LogP contribution in [-0.4, -0.2) is 7.11 Å². The number of halogens is 1. The molecule has 1 N–H and O–H groups in total. The quantitative estimate of drug-likeness (QED) is 0.922. The van der Waals surface area contributed by atoms with Crippen molar-refractivity contribution in [2.75, 3.05) is 12.4 Å². The van der Waals surface area contributed by atoms with E-state index in [4.69, 9.17) is 4.74 Å². The van der Waals surface area contributed by atoms with Crippen LogP contribution in [0.5, 0.6) is 5.75 Å². The van der Waals surface area contributed by atoms with E-state index in [1.807, 2.05) is 48.5 Å². The Labute approximate surface area is 121 Å². The lowest BCUT2D eigenvalue weighted by Gasteiger charge is -2.16. The summed E-state index contributed by atoms with van der Waals surface area (Å²) in [5, 5.41) is 12.5. The van der Waals surface area contributed by atoms with Crippen LogP contribution in [0.2, 0.25) is 0 Å². The number of hydrogen-bond acceptors (Lipinski definition) is 3. The monoisotopic (exact) mass is 316 g/mol. The van der Waals surface area contributed by atoms with E-state index in [0.717, 1.165) is 21.5 Å². The molecule has 19 heavy (non-hydrogen) atoms. The van der Waals surface area contributed by atoms with Crippen LogP contribution in [0.4, 0.5) is 5.69 Å². The first-order chi connectivity index (χ1) is 9.26. The number of para-hydroxylation sites is 2. The zero-order chi connectivity index (χ0) is 13.7. The molecule has 1 atom stereocenters. The molecule has 0 aliphatic rings. The van der Waals surface area contributed by atoms with Crippen molar-refractivity contribution in [3.63, 3.8) is 0 Å². The number of nitrogens with zero attached hydrogens (tertiary/aromatic N) is 1. The molecule has 2 aromatic rings. The van der Waals surface area contributed by atoms with Crippen LogP contribution in [0.15, 0.2) is 53.0 Å². The molecule has 0 amide bonds. The minimum absolute atomic E-state index is 0.438. The predicted molar refractivity (Wildman–Crippen MR) is 79.1 cm³/mol. The summed E-state index contributed by atoms with van der Waals surface area (Å²) in [5.41, 5.74) is 1.70. The molecule has 1 unspecified atom stereocenters. The lowest BCUT2D eigenvalue weighted by molar-refractivity contribution is 0.416. The number of nitrogens with one attached hydrogen (secondary N) is 1. The minimum atomic E-state index is -0.438. The van der Waals surface area contributed by atoms with Crippen molar-refractivity contribution in [1.82, 2.24) is 0 Å². The second kappa shape index (κ2) is 6.26. The molecule has 2 rings (SSSR count). The molecule has 0 saturated heterocycles. The van der Waals surface area contributed by atoms with E-state index in [0.29, 0.717) is 0 Å². The van der Waals surface area contributed by atoms with Gasteiger partial charge >= 0.3 is 0 Å². The van der Waals surface area contributed by atoms with E-state index in [2.05, 4.69) is 27.3 Å². The predicted octanol–water partition coefficient (Wildman–Crippen LogP) is 4.13. The summed E-state index contributed by atoms with van der Waals surface area (Å²) in [4.78, 5) is 0. The van der Waals surface area contributed by atoms with Gasteiger partial charge in [-0.2, -0.15) is 5.26 Å². The molecule has 0 fully saturated rings. The number of ether oxygens (including phenoxy) is 1. The molecule has 2 aromatic carbocycles. The van der Waals surface area contributed by atoms with Crippen molar-refractivity contribution < 1.29 is 4.74 Å². The smallest absolute Gasteiger partial charge is 0.141 e. The van der Waals surface area contributed by atoms with Crippen LogP contribution in [0.1, 0.15) is 11.6 Å². The van der Waals surface area contributed by atoms with Gasteiger partial charge in [-0.15, -0.1) is 0 Å². The van der Waals surface area contributed by atoms with Gasteiger partial charge in [0.2, 0.25) is 0 Å². The second-order valence-electron chi connectivity index (χ2n) is 3.93. The van der Waals surface area contributed by atoms with Crippen LogP contribution in [-0.2, 0) is 0 Å². The Morgan fingerprint density at radius 3 is 2.53 bits per heavy atom. The summed E-state index contributed by atoms with van der Waals surface area (Å²) in [6.45, 7) is 0. The lowest BCUT2D eigenvalue weighted by atomic mass is 10.1. The van der Waals surface area contributed by atoms with Gasteiger partial charge in [0.15, 0.2) is 0 Å². The van der Waals surface area contributed by atoms with E-state index in [1.165, 1.54) is 0 Å². The second-order valence-corrected chi connectivity index (χ2v) is 4.78. The highest BCUT2D eigenvalue weighted by molar-refractivity contribution is 9.10. The topological polar surface area (TPSA) is 45.0 Å². The molecule has 0 radical (unpaired) electrons. The summed E-state index contributed by atoms with van der Waals surface area (Å²) in [6, 6.07) is 17.0. The highest BCUT2D eigenvalue weighted by Gasteiger charge is 2.14. The zero-order valence-electron chi connectivity index (χ0n) is 10.4. The highest BCUT2D eigenvalue weighted by Crippen LogP contribution is 2.30. The molecular weight excluding hydrogens is 304 g/mol. The molecule has 0 aromatic heterocycles. The Hall–Kier alpha value is -1.99. The Balaban J connectivity index is 2.30. The molecule has 0 heterocycles. The Morgan fingerprint density at radius 2 is 1.84 bits per heavy atom. The molecule has 0 spiro atoms. The number of methoxy groups -OCH3 is 1. The van der Waals surface area contributed by atoms with Gasteiger partial charge in [-0.25, -0.2) is 0 Å². The Morgan fingerprint density at radius 1 is 1.16 bits per heavy atom. The number of hydrogen-bond donors (Lipinski definition) is 1. The van der Waals surface area contributed by atoms with Crippen LogP contribution in [0.25, 0.3) is 0 Å². The zero-order valence-corrected chi connectivity index (χ0v) is 12.0. The van der Waals surface area contributed by atoms with Gasteiger partial charge in [0.1, 0.15) is 11.8 Å². The molecule has 0 aliphatic heterocycles. The van der Waals surface area contributed by atoms with Crippen molar-refractivity contribution in [1.29, 1.82) is 5.26 Å². The first-order valence-corrected chi connectivity index (χ1v) is 6.59. The molecule has 0 aliphatic carbocycles. The minimum Gasteiger partial charge on any atom is -0.495 e. The number of rotatable bonds is 4. The highest BCUT2D eigenvalue weighted by atomic mass is 79.9. The van der Waals surface area contributed by atoms with Crippen LogP contribution in [0, 0.1) is 11.3 Å². The third kappa shape index (κ3) is 3.07. The summed E-state index contributed by atoms with van der Waals surface area (Å²) in [7, 11) is 1.61. The lowest BCUT2D eigenvalue weighted by Crippen LogP contribution is -2.09. The summed E-state index contributed by atoms with van der Waals surface area (Å²) < 4.78 is 6.18. The van der Waals surface area contributed by atoms with Crippen LogP contribution in [0.3, 0.4) is 0 Å². The van der Waals surface area contributed by atoms with Gasteiger partial charge < -0.3 is 10.1 Å². The molecule has 0 bridgehead atoms. The summed E-state index contributed by atoms with van der Waals surface area (Å²) in [5.74, 6) is 0.717. The maximum absolute atomic E-state index is 9.35. The first-order valence-electron chi connectivity index (χ1n) is 5.80. The van der Waals surface area contributed by atoms with Gasteiger partial charge in [0.25, 0.3) is 0 Å². The van der Waals surface area contributed by atoms with E-state index in [1.54, 1.807) is 7.11 Å². The third-order valence-electron chi connectivity index (χ3n) is 2.75. The fraction of sp³-hybridized carbons (Fsp3) is 0.133. The Bertz CT molecular complexity index is 607. The van der Waals surface area contributed by atoms with E-state index < -0.39 is 6.04 Å². The first kappa shape index (κ1) is 13.4. The average molecular weight is 317 g/mol. The molecule has 4 heteroatoms. The number of nitriles is 1. The van der Waals surface area contributed by atoms with Crippen LogP contribution >= 0.6 is 15.9 Å². The van der Waals surface area contributed by atoms with Crippen molar-refractivity contribution >= 4 is 21.6 Å². The fourth-order valence-electron chi connectivity index (χ4n) is 1.81. The number of benzene rings is 2. The van der Waals surface area contributed by atoms with Crippen molar-refractivity contribution in [2.45, 2.75) is 6.04 Å². The maximum Gasteiger partial charge on any atom is 0.141 e. The van der Waals surface area contributed by atoms with E-state index >= 15 is 0 Å². The molecular formula is C15H13BrN2O. The van der Waals surface area contributed by atoms with E-state index in [9.17, 15) is 5.26 Å². The summed E-state index contributed by atoms with van der Waals surface area (Å²) >= 11 is 3.46. The average Bonchev–Trinajstić information content (AvgIpc) is 2.46. The molecule has 0 saturated carbocycles. The van der Waals surface area contributed by atoms with Crippen LogP contribution < -0.4 is 10.1 Å². The fourth-order valence-corrected chi connectivity index (χ4v) is 2.32. The van der Waals surface area contributed by atoms with Crippen molar-refractivity contribution in [3.05, 3.63) is 58.6 Å².